The van der Waals surface area contributed by atoms with Gasteiger partial charge in [-0.05, 0) is 66.5 Å². The van der Waals surface area contributed by atoms with Crippen LogP contribution in [-0.4, -0.2) is 22.8 Å². The van der Waals surface area contributed by atoms with Gasteiger partial charge < -0.3 is 9.15 Å². The molecule has 1 heterocycles. The van der Waals surface area contributed by atoms with Crippen molar-refractivity contribution in [3.63, 3.8) is 0 Å². The second kappa shape index (κ2) is 12.7. The van der Waals surface area contributed by atoms with Crippen molar-refractivity contribution in [3.8, 4) is 11.8 Å². The van der Waals surface area contributed by atoms with Crippen molar-refractivity contribution in [2.45, 2.75) is 84.1 Å². The van der Waals surface area contributed by atoms with Crippen LogP contribution < -0.4 is 4.72 Å². The van der Waals surface area contributed by atoms with Gasteiger partial charge in [-0.1, -0.05) is 59.6 Å². The van der Waals surface area contributed by atoms with E-state index in [1.807, 2.05) is 0 Å². The van der Waals surface area contributed by atoms with Crippen LogP contribution in [-0.2, 0) is 20.5 Å². The second-order valence-electron chi connectivity index (χ2n) is 9.04. The van der Waals surface area contributed by atoms with E-state index in [-0.39, 0.29) is 18.4 Å². The highest BCUT2D eigenvalue weighted by Gasteiger charge is 2.31. The molecule has 2 rings (SSSR count). The number of ether oxygens (including phenoxy) is 1. The molecule has 184 valence electrons. The largest absolute Gasteiger partial charge is 0.465 e. The van der Waals surface area contributed by atoms with Crippen LogP contribution in [0.25, 0.3) is 5.57 Å². The van der Waals surface area contributed by atoms with Crippen LogP contribution in [0.2, 0.25) is 0 Å². The minimum atomic E-state index is -1.69. The number of rotatable bonds is 10. The van der Waals surface area contributed by atoms with Crippen molar-refractivity contribution in [1.29, 1.82) is 0 Å². The number of hydrogen-bond acceptors (Lipinski definition) is 4. The molecule has 0 bridgehead atoms. The van der Waals surface area contributed by atoms with Crippen LogP contribution in [0.15, 0.2) is 45.9 Å². The third-order valence-corrected chi connectivity index (χ3v) is 6.79. The molecule has 1 N–H and O–H groups in total. The molecule has 0 fully saturated rings. The Labute approximate surface area is 206 Å². The Kier molecular flexibility index (Phi) is 10.3. The van der Waals surface area contributed by atoms with Gasteiger partial charge in [0.05, 0.1) is 17.8 Å². The highest BCUT2D eigenvalue weighted by Crippen LogP contribution is 2.34. The molecule has 0 unspecified atom stereocenters. The lowest BCUT2D eigenvalue weighted by Crippen LogP contribution is -2.40. The van der Waals surface area contributed by atoms with Gasteiger partial charge in [0.1, 0.15) is 22.8 Å². The molecular formula is C28H37NO4S. The van der Waals surface area contributed by atoms with Gasteiger partial charge in [-0.2, -0.15) is 0 Å². The summed E-state index contributed by atoms with van der Waals surface area (Å²) in [7, 11) is -1.69. The monoisotopic (exact) mass is 483 g/mol. The lowest BCUT2D eigenvalue weighted by Gasteiger charge is -2.24. The Morgan fingerprint density at radius 1 is 1.12 bits per heavy atom. The lowest BCUT2D eigenvalue weighted by atomic mass is 9.89. The van der Waals surface area contributed by atoms with Gasteiger partial charge in [-0.15, -0.1) is 5.92 Å². The fraction of sp³-hybridized carbons (Fsp3) is 0.464. The first-order chi connectivity index (χ1) is 16.1. The molecule has 0 aliphatic rings. The summed E-state index contributed by atoms with van der Waals surface area (Å²) in [6.45, 7) is 16.3. The molecule has 0 saturated carbocycles. The average molecular weight is 484 g/mol. The summed E-state index contributed by atoms with van der Waals surface area (Å²) in [5.41, 5.74) is 3.71. The molecule has 0 aliphatic heterocycles. The van der Waals surface area contributed by atoms with Crippen LogP contribution >= 0.6 is 0 Å². The van der Waals surface area contributed by atoms with E-state index in [4.69, 9.17) is 9.15 Å². The van der Waals surface area contributed by atoms with Crippen LogP contribution in [0.3, 0.4) is 0 Å². The van der Waals surface area contributed by atoms with Crippen molar-refractivity contribution < 1.29 is 18.2 Å². The van der Waals surface area contributed by atoms with Gasteiger partial charge in [0.2, 0.25) is 0 Å². The van der Waals surface area contributed by atoms with Crippen molar-refractivity contribution in [1.82, 2.24) is 4.72 Å². The number of benzene rings is 1. The van der Waals surface area contributed by atoms with Crippen molar-refractivity contribution in [2.24, 2.45) is 0 Å². The standard InChI is InChI=1S/C28H37NO4S/c1-9-11-13-22(25-14-12-15-33-25)26(28(30)32-10-2)29-34(31)27-23(19(5)6)16-21(18(3)4)17-24(27)20(7)8/h12-20,26,29H,10H2,1-8H3/b22-13+/t26-,34+/m1/s1. The molecule has 0 spiro atoms. The second-order valence-corrected chi connectivity index (χ2v) is 10.2. The van der Waals surface area contributed by atoms with E-state index in [0.29, 0.717) is 17.3 Å². The van der Waals surface area contributed by atoms with Crippen molar-refractivity contribution in [2.75, 3.05) is 6.61 Å². The summed E-state index contributed by atoms with van der Waals surface area (Å²) >= 11 is 0. The summed E-state index contributed by atoms with van der Waals surface area (Å²) in [5.74, 6) is 6.29. The van der Waals surface area contributed by atoms with E-state index in [9.17, 15) is 9.00 Å². The van der Waals surface area contributed by atoms with Crippen LogP contribution in [0.1, 0.15) is 95.6 Å². The first kappa shape index (κ1) is 27.6. The molecule has 2 aromatic rings. The summed E-state index contributed by atoms with van der Waals surface area (Å²) in [6, 6.07) is 6.75. The average Bonchev–Trinajstić information content (AvgIpc) is 3.32. The number of furan rings is 1. The molecule has 0 saturated heterocycles. The Hall–Kier alpha value is -2.62. The van der Waals surface area contributed by atoms with Crippen molar-refractivity contribution >= 4 is 22.5 Å². The zero-order chi connectivity index (χ0) is 25.4. The molecule has 1 aromatic carbocycles. The van der Waals surface area contributed by atoms with Gasteiger partial charge in [0.25, 0.3) is 0 Å². The molecular weight excluding hydrogens is 446 g/mol. The van der Waals surface area contributed by atoms with E-state index >= 15 is 0 Å². The van der Waals surface area contributed by atoms with Crippen molar-refractivity contribution in [3.05, 3.63) is 59.1 Å². The summed E-state index contributed by atoms with van der Waals surface area (Å²) in [6.07, 6.45) is 3.14. The minimum absolute atomic E-state index is 0.157. The topological polar surface area (TPSA) is 68.5 Å². The summed E-state index contributed by atoms with van der Waals surface area (Å²) in [4.78, 5) is 13.8. The number of hydrogen-bond donors (Lipinski definition) is 1. The number of allylic oxidation sites excluding steroid dienone is 1. The number of esters is 1. The minimum Gasteiger partial charge on any atom is -0.465 e. The van der Waals surface area contributed by atoms with Gasteiger partial charge in [0.15, 0.2) is 0 Å². The lowest BCUT2D eigenvalue weighted by molar-refractivity contribution is -0.143. The normalized spacial score (nSPS) is 13.7. The van der Waals surface area contributed by atoms with Gasteiger partial charge >= 0.3 is 5.97 Å². The van der Waals surface area contributed by atoms with Gasteiger partial charge in [0, 0.05) is 5.57 Å². The van der Waals surface area contributed by atoms with E-state index in [1.165, 1.54) is 11.8 Å². The fourth-order valence-electron chi connectivity index (χ4n) is 3.62. The molecule has 0 aliphatic carbocycles. The van der Waals surface area contributed by atoms with E-state index in [0.717, 1.165) is 16.0 Å². The van der Waals surface area contributed by atoms with E-state index in [2.05, 4.69) is 70.2 Å². The highest BCUT2D eigenvalue weighted by atomic mass is 32.2. The maximum absolute atomic E-state index is 13.9. The maximum Gasteiger partial charge on any atom is 0.328 e. The smallest absolute Gasteiger partial charge is 0.328 e. The Balaban J connectivity index is 2.65. The van der Waals surface area contributed by atoms with Gasteiger partial charge in [-0.25, -0.2) is 13.7 Å². The first-order valence-corrected chi connectivity index (χ1v) is 13.0. The number of nitrogens with one attached hydrogen (secondary N) is 1. The molecule has 0 radical (unpaired) electrons. The molecule has 34 heavy (non-hydrogen) atoms. The SMILES string of the molecule is CC#C/C=C(\c1ccco1)[C@@H](N[S@@](=O)c1c(C(C)C)cc(C(C)C)cc1C(C)C)C(=O)OCC. The Morgan fingerprint density at radius 3 is 2.18 bits per heavy atom. The van der Waals surface area contributed by atoms with E-state index < -0.39 is 23.0 Å². The Bertz CT molecular complexity index is 1060. The molecule has 6 heteroatoms. The maximum atomic E-state index is 13.9. The fourth-order valence-corrected chi connectivity index (χ4v) is 5.20. The zero-order valence-electron chi connectivity index (χ0n) is 21.5. The molecule has 0 amide bonds. The first-order valence-electron chi connectivity index (χ1n) is 11.8. The third-order valence-electron chi connectivity index (χ3n) is 5.50. The molecule has 2 atom stereocenters. The highest BCUT2D eigenvalue weighted by molar-refractivity contribution is 7.83. The summed E-state index contributed by atoms with van der Waals surface area (Å²) < 4.78 is 27.9. The van der Waals surface area contributed by atoms with Crippen LogP contribution in [0.5, 0.6) is 0 Å². The van der Waals surface area contributed by atoms with Crippen LogP contribution in [0, 0.1) is 11.8 Å². The number of carbonyl (C=O) groups excluding carboxylic acids is 1. The molecule has 1 aromatic heterocycles. The molecule has 5 nitrogen and oxygen atoms in total. The van der Waals surface area contributed by atoms with Crippen LogP contribution in [0.4, 0.5) is 0 Å². The third kappa shape index (κ3) is 6.71. The predicted octanol–water partition coefficient (Wildman–Crippen LogP) is 6.30. The van der Waals surface area contributed by atoms with E-state index in [1.54, 1.807) is 32.1 Å². The predicted molar refractivity (Wildman–Crippen MR) is 139 cm³/mol. The number of carbonyl (C=O) groups is 1. The quantitative estimate of drug-likeness (QED) is 0.318. The Morgan fingerprint density at radius 2 is 1.74 bits per heavy atom. The van der Waals surface area contributed by atoms with Gasteiger partial charge in [-0.3, -0.25) is 0 Å². The zero-order valence-corrected chi connectivity index (χ0v) is 22.3. The summed E-state index contributed by atoms with van der Waals surface area (Å²) in [5, 5.41) is 0.